The second-order valence-electron chi connectivity index (χ2n) is 3.85. The normalized spacial score (nSPS) is 18.7. The smallest absolute Gasteiger partial charge is 0.252 e. The molecule has 98 valence electrons. The van der Waals surface area contributed by atoms with E-state index in [4.69, 9.17) is 0 Å². The van der Waals surface area contributed by atoms with Crippen LogP contribution in [0.4, 0.5) is 0 Å². The summed E-state index contributed by atoms with van der Waals surface area (Å²) in [7, 11) is 0. The molecule has 0 bridgehead atoms. The number of aromatic nitrogens is 1. The highest BCUT2D eigenvalue weighted by Gasteiger charge is 2.22. The average Bonchev–Trinajstić information content (AvgIpc) is 2.42. The first-order chi connectivity index (χ1) is 9.08. The molecular weight excluding hydrogens is 250 g/mol. The minimum Gasteiger partial charge on any atom is -0.506 e. The van der Waals surface area contributed by atoms with Gasteiger partial charge >= 0.3 is 0 Å². The molecule has 7 nitrogen and oxygen atoms in total. The molecule has 0 spiro atoms. The molecule has 7 heteroatoms. The van der Waals surface area contributed by atoms with Crippen LogP contribution in [0, 0.1) is 10.1 Å². The Morgan fingerprint density at radius 3 is 2.84 bits per heavy atom. The second kappa shape index (κ2) is 5.40. The van der Waals surface area contributed by atoms with Crippen LogP contribution >= 0.6 is 0 Å². The molecule has 0 saturated carbocycles. The number of aliphatic imine (C=N–C) groups is 1. The molecule has 0 radical (unpaired) electrons. The molecule has 0 amide bonds. The van der Waals surface area contributed by atoms with Gasteiger partial charge in [0.1, 0.15) is 5.76 Å². The zero-order chi connectivity index (χ0) is 13.8. The summed E-state index contributed by atoms with van der Waals surface area (Å²) < 4.78 is 0. The van der Waals surface area contributed by atoms with E-state index in [1.54, 1.807) is 18.2 Å². The maximum atomic E-state index is 10.7. The molecule has 0 aliphatic heterocycles. The summed E-state index contributed by atoms with van der Waals surface area (Å²) in [6.07, 6.45) is 2.49. The monoisotopic (exact) mass is 261 g/mol. The molecule has 2 rings (SSSR count). The van der Waals surface area contributed by atoms with Gasteiger partial charge in [-0.1, -0.05) is 6.07 Å². The summed E-state index contributed by atoms with van der Waals surface area (Å²) in [5.74, 6) is -0.194. The molecule has 1 aromatic heterocycles. The van der Waals surface area contributed by atoms with Gasteiger partial charge in [0.2, 0.25) is 0 Å². The molecule has 1 aliphatic rings. The minimum atomic E-state index is -1.27. The van der Waals surface area contributed by atoms with Crippen LogP contribution in [0.1, 0.15) is 18.3 Å². The minimum absolute atomic E-state index is 0.0624. The lowest BCUT2D eigenvalue weighted by Crippen LogP contribution is -2.14. The van der Waals surface area contributed by atoms with E-state index in [1.165, 1.54) is 18.3 Å². The summed E-state index contributed by atoms with van der Waals surface area (Å²) in [5, 5.41) is 30.1. The standard InChI is InChI=1S/C12H11N3O4/c16-11-5-4-8(15(18)19)7-10(11)14-12(17)9-3-1-2-6-13-9/h1-6,12,16-17H,7H2. The highest BCUT2D eigenvalue weighted by atomic mass is 16.6. The topological polar surface area (TPSA) is 109 Å². The molecule has 2 N–H and O–H groups in total. The van der Waals surface area contributed by atoms with Crippen molar-refractivity contribution < 1.29 is 15.1 Å². The van der Waals surface area contributed by atoms with Gasteiger partial charge in [-0.2, -0.15) is 0 Å². The van der Waals surface area contributed by atoms with E-state index in [-0.39, 0.29) is 23.6 Å². The molecule has 1 unspecified atom stereocenters. The molecule has 0 saturated heterocycles. The summed E-state index contributed by atoms with van der Waals surface area (Å²) in [6, 6.07) is 4.95. The molecule has 0 aromatic carbocycles. The van der Waals surface area contributed by atoms with Crippen molar-refractivity contribution in [3.05, 3.63) is 63.8 Å². The zero-order valence-electron chi connectivity index (χ0n) is 9.80. The van der Waals surface area contributed by atoms with Gasteiger partial charge in [-0.3, -0.25) is 15.1 Å². The Morgan fingerprint density at radius 1 is 1.42 bits per heavy atom. The maximum Gasteiger partial charge on any atom is 0.252 e. The second-order valence-corrected chi connectivity index (χ2v) is 3.85. The molecular formula is C12H11N3O4. The van der Waals surface area contributed by atoms with Crippen molar-refractivity contribution in [1.29, 1.82) is 0 Å². The number of allylic oxidation sites excluding steroid dienone is 4. The Labute approximate surface area is 108 Å². The van der Waals surface area contributed by atoms with Crippen LogP contribution in [0.5, 0.6) is 0 Å². The van der Waals surface area contributed by atoms with Crippen LogP contribution in [0.2, 0.25) is 0 Å². The number of pyridine rings is 1. The van der Waals surface area contributed by atoms with E-state index in [0.717, 1.165) is 0 Å². The van der Waals surface area contributed by atoms with Crippen LogP contribution in [0.3, 0.4) is 0 Å². The number of nitrogens with zero attached hydrogens (tertiary/aromatic N) is 3. The van der Waals surface area contributed by atoms with Crippen molar-refractivity contribution in [3.63, 3.8) is 0 Å². The molecule has 1 atom stereocenters. The van der Waals surface area contributed by atoms with Gasteiger partial charge in [-0.15, -0.1) is 0 Å². The van der Waals surface area contributed by atoms with E-state index in [2.05, 4.69) is 9.98 Å². The lowest BCUT2D eigenvalue weighted by molar-refractivity contribution is -0.426. The summed E-state index contributed by atoms with van der Waals surface area (Å²) in [6.45, 7) is 0. The highest BCUT2D eigenvalue weighted by molar-refractivity contribution is 6.00. The van der Waals surface area contributed by atoms with Crippen LogP contribution in [0.15, 0.2) is 53.0 Å². The largest absolute Gasteiger partial charge is 0.506 e. The number of nitro groups is 1. The average molecular weight is 261 g/mol. The van der Waals surface area contributed by atoms with Gasteiger partial charge < -0.3 is 10.2 Å². The van der Waals surface area contributed by atoms with Crippen LogP contribution in [0.25, 0.3) is 0 Å². The third-order valence-electron chi connectivity index (χ3n) is 2.54. The van der Waals surface area contributed by atoms with Gasteiger partial charge in [-0.05, 0) is 18.2 Å². The Hall–Kier alpha value is -2.54. The number of hydrogen-bond acceptors (Lipinski definition) is 6. The van der Waals surface area contributed by atoms with Gasteiger partial charge in [0, 0.05) is 12.3 Å². The quantitative estimate of drug-likeness (QED) is 0.633. The van der Waals surface area contributed by atoms with E-state index < -0.39 is 11.2 Å². The van der Waals surface area contributed by atoms with Gasteiger partial charge in [-0.25, -0.2) is 4.99 Å². The zero-order valence-corrected chi connectivity index (χ0v) is 9.80. The maximum absolute atomic E-state index is 10.7. The third-order valence-corrected chi connectivity index (χ3v) is 2.54. The third kappa shape index (κ3) is 3.02. The van der Waals surface area contributed by atoms with Crippen molar-refractivity contribution in [1.82, 2.24) is 4.98 Å². The first kappa shape index (κ1) is 12.9. The molecule has 19 heavy (non-hydrogen) atoms. The highest BCUT2D eigenvalue weighted by Crippen LogP contribution is 2.19. The van der Waals surface area contributed by atoms with Crippen LogP contribution in [-0.2, 0) is 0 Å². The fraction of sp³-hybridized carbons (Fsp3) is 0.167. The first-order valence-electron chi connectivity index (χ1n) is 5.48. The number of rotatable bonds is 3. The summed E-state index contributed by atoms with van der Waals surface area (Å²) in [4.78, 5) is 17.9. The van der Waals surface area contributed by atoms with Gasteiger partial charge in [0.05, 0.1) is 22.7 Å². The lowest BCUT2D eigenvalue weighted by atomic mass is 10.1. The predicted octanol–water partition coefficient (Wildman–Crippen LogP) is 1.52. The fourth-order valence-corrected chi connectivity index (χ4v) is 1.57. The number of hydrogen-bond donors (Lipinski definition) is 2. The van der Waals surface area contributed by atoms with Crippen LogP contribution in [-0.4, -0.2) is 25.8 Å². The van der Waals surface area contributed by atoms with Crippen LogP contribution < -0.4 is 0 Å². The Bertz CT molecular complexity index is 578. The Balaban J connectivity index is 2.23. The predicted molar refractivity (Wildman–Crippen MR) is 67.0 cm³/mol. The van der Waals surface area contributed by atoms with E-state index in [0.29, 0.717) is 5.69 Å². The van der Waals surface area contributed by atoms with Crippen molar-refractivity contribution in [2.24, 2.45) is 4.99 Å². The van der Waals surface area contributed by atoms with Gasteiger partial charge in [0.15, 0.2) is 6.23 Å². The molecule has 1 aliphatic carbocycles. The number of aliphatic hydroxyl groups is 2. The van der Waals surface area contributed by atoms with Crippen molar-refractivity contribution in [3.8, 4) is 0 Å². The number of aliphatic hydroxyl groups excluding tert-OH is 2. The van der Waals surface area contributed by atoms with Crippen molar-refractivity contribution >= 4 is 5.71 Å². The SMILES string of the molecule is O=[N+]([O-])C1=CC=C(O)C(=NC(O)c2ccccn2)C1. The van der Waals surface area contributed by atoms with E-state index in [9.17, 15) is 20.3 Å². The summed E-state index contributed by atoms with van der Waals surface area (Å²) >= 11 is 0. The Morgan fingerprint density at radius 2 is 2.21 bits per heavy atom. The summed E-state index contributed by atoms with van der Waals surface area (Å²) in [5.41, 5.74) is 0.275. The Kier molecular flexibility index (Phi) is 3.67. The molecule has 1 heterocycles. The van der Waals surface area contributed by atoms with Crippen molar-refractivity contribution in [2.45, 2.75) is 12.6 Å². The lowest BCUT2D eigenvalue weighted by Gasteiger charge is -2.11. The first-order valence-corrected chi connectivity index (χ1v) is 5.48. The van der Waals surface area contributed by atoms with E-state index in [1.807, 2.05) is 0 Å². The van der Waals surface area contributed by atoms with Gasteiger partial charge in [0.25, 0.3) is 5.70 Å². The fourth-order valence-electron chi connectivity index (χ4n) is 1.57. The van der Waals surface area contributed by atoms with E-state index >= 15 is 0 Å². The molecule has 0 fully saturated rings. The molecule has 1 aromatic rings. The van der Waals surface area contributed by atoms with Crippen molar-refractivity contribution in [2.75, 3.05) is 0 Å².